The molecule has 5 nitrogen and oxygen atoms in total. The van der Waals surface area contributed by atoms with E-state index in [1.165, 1.54) is 103 Å². The van der Waals surface area contributed by atoms with E-state index in [2.05, 4.69) is 50.3 Å². The van der Waals surface area contributed by atoms with E-state index >= 15 is 0 Å². The summed E-state index contributed by atoms with van der Waals surface area (Å²) in [5.41, 5.74) is 0. The molecular weight excluding hydrogens is 548 g/mol. The minimum atomic E-state index is -0.399. The molecule has 44 heavy (non-hydrogen) atoms. The fourth-order valence-corrected chi connectivity index (χ4v) is 5.05. The van der Waals surface area contributed by atoms with Crippen LogP contribution in [0.3, 0.4) is 0 Å². The lowest BCUT2D eigenvalue weighted by atomic mass is 10.0. The lowest BCUT2D eigenvalue weighted by Gasteiger charge is -2.18. The first-order chi connectivity index (χ1) is 21.6. The van der Waals surface area contributed by atoms with Gasteiger partial charge in [0.15, 0.2) is 0 Å². The SMILES string of the molecule is CC/C=C\C/C=C\C/C=C\CCCCCCCCOC(COC(C)=O)COC(=O)CCCCCCCCCCCCCCC. The van der Waals surface area contributed by atoms with Crippen LogP contribution in [0.4, 0.5) is 0 Å². The summed E-state index contributed by atoms with van der Waals surface area (Å²) in [6.07, 6.45) is 41.5. The van der Waals surface area contributed by atoms with E-state index in [4.69, 9.17) is 14.2 Å². The van der Waals surface area contributed by atoms with Crippen LogP contribution in [0, 0.1) is 0 Å². The van der Waals surface area contributed by atoms with Gasteiger partial charge < -0.3 is 14.2 Å². The standard InChI is InChI=1S/C39H70O5/c1-4-6-8-10-12-14-16-18-19-20-22-24-26-28-30-32-34-42-38(35-43-37(3)40)36-44-39(41)33-31-29-27-25-23-21-17-15-13-11-9-7-5-2/h6,8,12,14,18-19,38H,4-5,7,9-11,13,15-17,20-36H2,1-3H3/b8-6-,14-12-,19-18-. The highest BCUT2D eigenvalue weighted by atomic mass is 16.6. The number of hydrogen-bond donors (Lipinski definition) is 0. The van der Waals surface area contributed by atoms with E-state index < -0.39 is 6.10 Å². The Bertz CT molecular complexity index is 711. The molecule has 1 unspecified atom stereocenters. The zero-order valence-electron chi connectivity index (χ0n) is 29.2. The van der Waals surface area contributed by atoms with Crippen LogP contribution in [0.15, 0.2) is 36.5 Å². The Kier molecular flexibility index (Phi) is 34.1. The van der Waals surface area contributed by atoms with Crippen molar-refractivity contribution in [3.05, 3.63) is 36.5 Å². The quantitative estimate of drug-likeness (QED) is 0.0416. The molecule has 0 aromatic rings. The first kappa shape index (κ1) is 42.1. The molecule has 0 spiro atoms. The van der Waals surface area contributed by atoms with Gasteiger partial charge in [-0.3, -0.25) is 9.59 Å². The minimum absolute atomic E-state index is 0.126. The Labute approximate surface area is 272 Å². The summed E-state index contributed by atoms with van der Waals surface area (Å²) in [5, 5.41) is 0. The van der Waals surface area contributed by atoms with E-state index in [0.717, 1.165) is 51.4 Å². The highest BCUT2D eigenvalue weighted by Crippen LogP contribution is 2.13. The van der Waals surface area contributed by atoms with Crippen molar-refractivity contribution in [1.82, 2.24) is 0 Å². The number of hydrogen-bond acceptors (Lipinski definition) is 5. The molecule has 0 fully saturated rings. The Balaban J connectivity index is 3.76. The summed E-state index contributed by atoms with van der Waals surface area (Å²) in [7, 11) is 0. The molecular formula is C39H70O5. The summed E-state index contributed by atoms with van der Waals surface area (Å²) in [6.45, 7) is 6.67. The van der Waals surface area contributed by atoms with Crippen molar-refractivity contribution in [2.45, 2.75) is 181 Å². The average Bonchev–Trinajstić information content (AvgIpc) is 3.01. The Morgan fingerprint density at radius 2 is 1.02 bits per heavy atom. The second-order valence-electron chi connectivity index (χ2n) is 12.2. The summed E-state index contributed by atoms with van der Waals surface area (Å²) >= 11 is 0. The van der Waals surface area contributed by atoms with Gasteiger partial charge in [-0.05, 0) is 44.9 Å². The average molecular weight is 619 g/mol. The molecule has 0 heterocycles. The monoisotopic (exact) mass is 619 g/mol. The van der Waals surface area contributed by atoms with Gasteiger partial charge in [-0.1, -0.05) is 153 Å². The summed E-state index contributed by atoms with van der Waals surface area (Å²) < 4.78 is 16.5. The second-order valence-corrected chi connectivity index (χ2v) is 12.2. The Morgan fingerprint density at radius 3 is 1.59 bits per heavy atom. The molecule has 0 radical (unpaired) electrons. The molecule has 0 aromatic heterocycles. The molecule has 0 aliphatic carbocycles. The number of carbonyl (C=O) groups excluding carboxylic acids is 2. The van der Waals surface area contributed by atoms with Crippen LogP contribution in [0.5, 0.6) is 0 Å². The minimum Gasteiger partial charge on any atom is -0.463 e. The van der Waals surface area contributed by atoms with Gasteiger partial charge >= 0.3 is 11.9 Å². The van der Waals surface area contributed by atoms with Gasteiger partial charge in [-0.2, -0.15) is 0 Å². The van der Waals surface area contributed by atoms with E-state index in [1.807, 2.05) is 0 Å². The first-order valence-corrected chi connectivity index (χ1v) is 18.5. The summed E-state index contributed by atoms with van der Waals surface area (Å²) in [5.74, 6) is -0.529. The molecule has 0 N–H and O–H groups in total. The molecule has 0 bridgehead atoms. The maximum Gasteiger partial charge on any atom is 0.305 e. The van der Waals surface area contributed by atoms with Crippen LogP contribution in [0.2, 0.25) is 0 Å². The van der Waals surface area contributed by atoms with Crippen LogP contribution < -0.4 is 0 Å². The topological polar surface area (TPSA) is 61.8 Å². The zero-order valence-corrected chi connectivity index (χ0v) is 29.2. The van der Waals surface area contributed by atoms with Gasteiger partial charge in [-0.15, -0.1) is 0 Å². The van der Waals surface area contributed by atoms with Crippen molar-refractivity contribution in [2.24, 2.45) is 0 Å². The summed E-state index contributed by atoms with van der Waals surface area (Å²) in [4.78, 5) is 23.5. The fraction of sp³-hybridized carbons (Fsp3) is 0.795. The molecule has 1 atom stereocenters. The smallest absolute Gasteiger partial charge is 0.305 e. The number of rotatable bonds is 33. The van der Waals surface area contributed by atoms with E-state index in [1.54, 1.807) is 0 Å². The molecule has 5 heteroatoms. The van der Waals surface area contributed by atoms with Crippen molar-refractivity contribution in [2.75, 3.05) is 19.8 Å². The Morgan fingerprint density at radius 1 is 0.545 bits per heavy atom. The predicted molar refractivity (Wildman–Crippen MR) is 187 cm³/mol. The van der Waals surface area contributed by atoms with Gasteiger partial charge in [0, 0.05) is 20.0 Å². The van der Waals surface area contributed by atoms with Gasteiger partial charge in [0.1, 0.15) is 19.3 Å². The van der Waals surface area contributed by atoms with Crippen LogP contribution >= 0.6 is 0 Å². The molecule has 0 amide bonds. The van der Waals surface area contributed by atoms with E-state index in [0.29, 0.717) is 13.0 Å². The van der Waals surface area contributed by atoms with E-state index in [9.17, 15) is 9.59 Å². The van der Waals surface area contributed by atoms with Crippen LogP contribution in [0.1, 0.15) is 175 Å². The number of carbonyl (C=O) groups is 2. The van der Waals surface area contributed by atoms with Gasteiger partial charge in [-0.25, -0.2) is 0 Å². The van der Waals surface area contributed by atoms with Crippen molar-refractivity contribution in [1.29, 1.82) is 0 Å². The van der Waals surface area contributed by atoms with Crippen molar-refractivity contribution < 1.29 is 23.8 Å². The molecule has 0 aliphatic heterocycles. The third-order valence-corrected chi connectivity index (χ3v) is 7.79. The van der Waals surface area contributed by atoms with Crippen LogP contribution in [-0.2, 0) is 23.8 Å². The Hall–Kier alpha value is -1.88. The van der Waals surface area contributed by atoms with E-state index in [-0.39, 0.29) is 25.2 Å². The van der Waals surface area contributed by atoms with Crippen LogP contribution in [0.25, 0.3) is 0 Å². The number of allylic oxidation sites excluding steroid dienone is 6. The normalized spacial score (nSPS) is 12.5. The highest BCUT2D eigenvalue weighted by molar-refractivity contribution is 5.69. The third-order valence-electron chi connectivity index (χ3n) is 7.79. The predicted octanol–water partition coefficient (Wildman–Crippen LogP) is 11.5. The molecule has 0 rings (SSSR count). The van der Waals surface area contributed by atoms with Gasteiger partial charge in [0.25, 0.3) is 0 Å². The largest absolute Gasteiger partial charge is 0.463 e. The molecule has 256 valence electrons. The molecule has 0 aliphatic rings. The lowest BCUT2D eigenvalue weighted by molar-refractivity contribution is -0.154. The molecule has 0 saturated carbocycles. The van der Waals surface area contributed by atoms with Gasteiger partial charge in [0.2, 0.25) is 0 Å². The first-order valence-electron chi connectivity index (χ1n) is 18.5. The summed E-state index contributed by atoms with van der Waals surface area (Å²) in [6, 6.07) is 0. The zero-order chi connectivity index (χ0) is 32.2. The third kappa shape index (κ3) is 34.6. The highest BCUT2D eigenvalue weighted by Gasteiger charge is 2.14. The number of esters is 2. The maximum atomic E-state index is 12.2. The van der Waals surface area contributed by atoms with Crippen LogP contribution in [-0.4, -0.2) is 37.9 Å². The number of unbranched alkanes of at least 4 members (excludes halogenated alkanes) is 18. The van der Waals surface area contributed by atoms with Crippen molar-refractivity contribution in [3.8, 4) is 0 Å². The van der Waals surface area contributed by atoms with Gasteiger partial charge in [0.05, 0.1) is 0 Å². The lowest BCUT2D eigenvalue weighted by Crippen LogP contribution is -2.28. The molecule has 0 aromatic carbocycles. The number of ether oxygens (including phenoxy) is 3. The van der Waals surface area contributed by atoms with Crippen molar-refractivity contribution >= 4 is 11.9 Å². The van der Waals surface area contributed by atoms with Crippen molar-refractivity contribution in [3.63, 3.8) is 0 Å². The maximum absolute atomic E-state index is 12.2. The fourth-order valence-electron chi connectivity index (χ4n) is 5.05. The molecule has 0 saturated heterocycles. The second kappa shape index (κ2) is 35.6.